The highest BCUT2D eigenvalue weighted by Crippen LogP contribution is 2.37. The molecule has 0 heterocycles. The minimum atomic E-state index is -0.461. The van der Waals surface area contributed by atoms with Crippen molar-refractivity contribution in [1.29, 1.82) is 0 Å². The van der Waals surface area contributed by atoms with Crippen molar-refractivity contribution >= 4 is 35.3 Å². The molecule has 3 rings (SSSR count). The maximum absolute atomic E-state index is 12.5. The zero-order valence-electron chi connectivity index (χ0n) is 20.3. The maximum atomic E-state index is 12.5. The normalized spacial score (nSPS) is 10.6. The first kappa shape index (κ1) is 26.4. The monoisotopic (exact) mass is 511 g/mol. The topological polar surface area (TPSA) is 107 Å². The zero-order chi connectivity index (χ0) is 26.1. The van der Waals surface area contributed by atoms with E-state index < -0.39 is 5.91 Å². The Morgan fingerprint density at radius 3 is 2.25 bits per heavy atom. The average molecular weight is 512 g/mol. The van der Waals surface area contributed by atoms with E-state index in [1.807, 2.05) is 6.92 Å². The van der Waals surface area contributed by atoms with E-state index in [9.17, 15) is 9.59 Å². The van der Waals surface area contributed by atoms with Crippen molar-refractivity contribution in [3.05, 3.63) is 76.3 Å². The molecule has 3 aromatic rings. The van der Waals surface area contributed by atoms with Crippen LogP contribution in [0.4, 0.5) is 5.69 Å². The van der Waals surface area contributed by atoms with E-state index in [1.165, 1.54) is 27.5 Å². The van der Waals surface area contributed by atoms with Gasteiger partial charge in [0.2, 0.25) is 5.75 Å². The second kappa shape index (κ2) is 12.5. The lowest BCUT2D eigenvalue weighted by Crippen LogP contribution is -2.24. The number of rotatable bonds is 10. The van der Waals surface area contributed by atoms with Crippen molar-refractivity contribution in [2.45, 2.75) is 6.92 Å². The number of hydrogen-bond acceptors (Lipinski definition) is 7. The van der Waals surface area contributed by atoms with Gasteiger partial charge in [-0.15, -0.1) is 0 Å². The van der Waals surface area contributed by atoms with Crippen molar-refractivity contribution in [3.8, 4) is 23.0 Å². The summed E-state index contributed by atoms with van der Waals surface area (Å²) in [5.74, 6) is 1.07. The highest BCUT2D eigenvalue weighted by Gasteiger charge is 2.13. The van der Waals surface area contributed by atoms with Gasteiger partial charge in [-0.3, -0.25) is 9.59 Å². The number of anilines is 1. The highest BCUT2D eigenvalue weighted by atomic mass is 35.5. The molecule has 36 heavy (non-hydrogen) atoms. The van der Waals surface area contributed by atoms with Crippen LogP contribution in [0.25, 0.3) is 0 Å². The Bertz CT molecular complexity index is 1240. The van der Waals surface area contributed by atoms with Crippen LogP contribution < -0.4 is 29.7 Å². The molecule has 0 atom stereocenters. The minimum Gasteiger partial charge on any atom is -0.493 e. The number of halogens is 1. The molecule has 0 aliphatic rings. The second-order valence-electron chi connectivity index (χ2n) is 7.43. The van der Waals surface area contributed by atoms with E-state index in [0.717, 1.165) is 5.56 Å². The third-order valence-corrected chi connectivity index (χ3v) is 5.50. The lowest BCUT2D eigenvalue weighted by Gasteiger charge is -2.12. The van der Waals surface area contributed by atoms with Gasteiger partial charge < -0.3 is 24.3 Å². The van der Waals surface area contributed by atoms with Crippen LogP contribution in [-0.4, -0.2) is 46.0 Å². The Labute approximate surface area is 214 Å². The van der Waals surface area contributed by atoms with Gasteiger partial charge in [0, 0.05) is 21.8 Å². The number of nitrogens with zero attached hydrogens (tertiary/aromatic N) is 1. The lowest BCUT2D eigenvalue weighted by molar-refractivity contribution is -0.123. The van der Waals surface area contributed by atoms with Crippen molar-refractivity contribution in [2.75, 3.05) is 33.3 Å². The van der Waals surface area contributed by atoms with E-state index in [0.29, 0.717) is 44.8 Å². The fraction of sp³-hybridized carbons (Fsp3) is 0.192. The number of methoxy groups -OCH3 is 3. The molecule has 0 aliphatic carbocycles. The molecule has 2 N–H and O–H groups in total. The predicted molar refractivity (Wildman–Crippen MR) is 138 cm³/mol. The van der Waals surface area contributed by atoms with Crippen LogP contribution in [0.2, 0.25) is 5.02 Å². The quantitative estimate of drug-likeness (QED) is 0.307. The van der Waals surface area contributed by atoms with E-state index in [4.69, 9.17) is 30.5 Å². The van der Waals surface area contributed by atoms with E-state index in [2.05, 4.69) is 15.8 Å². The van der Waals surface area contributed by atoms with Crippen molar-refractivity contribution < 1.29 is 28.5 Å². The Kier molecular flexibility index (Phi) is 9.13. The molecule has 0 aliphatic heterocycles. The van der Waals surface area contributed by atoms with Crippen LogP contribution in [0.15, 0.2) is 59.7 Å². The summed E-state index contributed by atoms with van der Waals surface area (Å²) < 4.78 is 21.3. The first-order valence-corrected chi connectivity index (χ1v) is 11.1. The SMILES string of the molecule is COc1cc(/C=N\NC(=O)COc2ccc(C(=O)Nc3cccc(Cl)c3C)cc2)cc(OC)c1OC. The van der Waals surface area contributed by atoms with E-state index in [-0.39, 0.29) is 12.5 Å². The van der Waals surface area contributed by atoms with Gasteiger partial charge in [0.15, 0.2) is 18.1 Å². The van der Waals surface area contributed by atoms with E-state index in [1.54, 1.807) is 54.6 Å². The van der Waals surface area contributed by atoms with Crippen LogP contribution >= 0.6 is 11.6 Å². The standard InChI is InChI=1S/C26H26ClN3O6/c1-16-20(27)6-5-7-21(16)29-26(32)18-8-10-19(11-9-18)36-15-24(31)30-28-14-17-12-22(33-2)25(35-4)23(13-17)34-3/h5-14H,15H2,1-4H3,(H,29,32)(H,30,31)/b28-14-. The maximum Gasteiger partial charge on any atom is 0.277 e. The van der Waals surface area contributed by atoms with Gasteiger partial charge in [-0.05, 0) is 61.0 Å². The summed E-state index contributed by atoms with van der Waals surface area (Å²) in [5.41, 5.74) is 4.87. The zero-order valence-corrected chi connectivity index (χ0v) is 21.0. The predicted octanol–water partition coefficient (Wildman–Crippen LogP) is 4.46. The summed E-state index contributed by atoms with van der Waals surface area (Å²) in [6, 6.07) is 15.1. The van der Waals surface area contributed by atoms with Gasteiger partial charge in [-0.25, -0.2) is 5.43 Å². The number of hydrogen-bond donors (Lipinski definition) is 2. The fourth-order valence-corrected chi connectivity index (χ4v) is 3.35. The number of carbonyl (C=O) groups excluding carboxylic acids is 2. The van der Waals surface area contributed by atoms with Crippen LogP contribution in [0, 0.1) is 6.92 Å². The largest absolute Gasteiger partial charge is 0.493 e. The third-order valence-electron chi connectivity index (χ3n) is 5.09. The molecule has 0 aromatic heterocycles. The molecule has 0 saturated carbocycles. The Morgan fingerprint density at radius 1 is 0.972 bits per heavy atom. The summed E-state index contributed by atoms with van der Waals surface area (Å²) in [5, 5.41) is 7.33. The molecule has 0 radical (unpaired) electrons. The van der Waals surface area contributed by atoms with Gasteiger partial charge in [0.1, 0.15) is 5.75 Å². The van der Waals surface area contributed by atoms with Gasteiger partial charge in [-0.2, -0.15) is 5.10 Å². The molecule has 10 heteroatoms. The molecule has 0 saturated heterocycles. The smallest absolute Gasteiger partial charge is 0.277 e. The van der Waals surface area contributed by atoms with E-state index >= 15 is 0 Å². The van der Waals surface area contributed by atoms with Crippen LogP contribution in [-0.2, 0) is 4.79 Å². The van der Waals surface area contributed by atoms with Gasteiger partial charge >= 0.3 is 0 Å². The van der Waals surface area contributed by atoms with Crippen LogP contribution in [0.5, 0.6) is 23.0 Å². The number of amides is 2. The van der Waals surface area contributed by atoms with Crippen molar-refractivity contribution in [1.82, 2.24) is 5.43 Å². The summed E-state index contributed by atoms with van der Waals surface area (Å²) in [6.07, 6.45) is 1.44. The number of ether oxygens (including phenoxy) is 4. The first-order chi connectivity index (χ1) is 17.4. The van der Waals surface area contributed by atoms with Gasteiger partial charge in [0.05, 0.1) is 27.5 Å². The Morgan fingerprint density at radius 2 is 1.64 bits per heavy atom. The van der Waals surface area contributed by atoms with Crippen molar-refractivity contribution in [3.63, 3.8) is 0 Å². The molecule has 2 amide bonds. The van der Waals surface area contributed by atoms with Crippen LogP contribution in [0.3, 0.4) is 0 Å². The van der Waals surface area contributed by atoms with Gasteiger partial charge in [0.25, 0.3) is 11.8 Å². The molecule has 0 unspecified atom stereocenters. The Balaban J connectivity index is 1.52. The third kappa shape index (κ3) is 6.67. The molecule has 0 spiro atoms. The number of carbonyl (C=O) groups is 2. The summed E-state index contributed by atoms with van der Waals surface area (Å²) in [7, 11) is 4.53. The highest BCUT2D eigenvalue weighted by molar-refractivity contribution is 6.31. The van der Waals surface area contributed by atoms with Crippen molar-refractivity contribution in [2.24, 2.45) is 5.10 Å². The second-order valence-corrected chi connectivity index (χ2v) is 7.84. The number of nitrogens with one attached hydrogen (secondary N) is 2. The van der Waals surface area contributed by atoms with Crippen LogP contribution in [0.1, 0.15) is 21.5 Å². The summed E-state index contributed by atoms with van der Waals surface area (Å²) in [6.45, 7) is 1.56. The Hall–Kier alpha value is -4.24. The molecular weight excluding hydrogens is 486 g/mol. The summed E-state index contributed by atoms with van der Waals surface area (Å²) in [4.78, 5) is 24.6. The van der Waals surface area contributed by atoms with Gasteiger partial charge in [-0.1, -0.05) is 17.7 Å². The fourth-order valence-electron chi connectivity index (χ4n) is 3.18. The average Bonchev–Trinajstić information content (AvgIpc) is 2.89. The first-order valence-electron chi connectivity index (χ1n) is 10.8. The molecular formula is C26H26ClN3O6. The summed E-state index contributed by atoms with van der Waals surface area (Å²) >= 11 is 6.10. The lowest BCUT2D eigenvalue weighted by atomic mass is 10.1. The molecule has 9 nitrogen and oxygen atoms in total. The number of benzene rings is 3. The minimum absolute atomic E-state index is 0.264. The molecule has 0 fully saturated rings. The molecule has 188 valence electrons. The molecule has 0 bridgehead atoms. The number of hydrazone groups is 1. The molecule has 3 aromatic carbocycles.